The molecule has 1 aliphatic heterocycles. The van der Waals surface area contributed by atoms with Crippen molar-refractivity contribution in [2.24, 2.45) is 11.8 Å². The number of benzene rings is 1. The Morgan fingerprint density at radius 3 is 2.49 bits per heavy atom. The quantitative estimate of drug-likeness (QED) is 0.491. The molecule has 0 N–H and O–H groups in total. The highest BCUT2D eigenvalue weighted by Crippen LogP contribution is 2.37. The molecule has 184 valence electrons. The highest BCUT2D eigenvalue weighted by atomic mass is 19.4. The van der Waals surface area contributed by atoms with Crippen molar-refractivity contribution in [3.8, 4) is 11.8 Å². The summed E-state index contributed by atoms with van der Waals surface area (Å²) < 4.78 is 46.9. The van der Waals surface area contributed by atoms with Crippen molar-refractivity contribution < 1.29 is 27.5 Å². The van der Waals surface area contributed by atoms with Crippen LogP contribution in [0.3, 0.4) is 0 Å². The molecule has 7 nitrogen and oxygen atoms in total. The van der Waals surface area contributed by atoms with Crippen molar-refractivity contribution in [1.29, 1.82) is 0 Å². The fraction of sp³-hybridized carbons (Fsp3) is 0.360. The predicted octanol–water partition coefficient (Wildman–Crippen LogP) is 5.27. The van der Waals surface area contributed by atoms with Gasteiger partial charge in [-0.05, 0) is 43.2 Å². The summed E-state index contributed by atoms with van der Waals surface area (Å²) in [6.45, 7) is 5.65. The number of rotatable bonds is 5. The summed E-state index contributed by atoms with van der Waals surface area (Å²) in [5, 5.41) is 0. The molecule has 2 aromatic heterocycles. The number of Topliss-reactive ketones (excluding diaryl/α,β-unsaturated/α-hetero) is 1. The van der Waals surface area contributed by atoms with Gasteiger partial charge in [-0.3, -0.25) is 24.0 Å². The number of hydrogen-bond acceptors (Lipinski definition) is 5. The number of carbonyl (C=O) groups is 2. The van der Waals surface area contributed by atoms with Gasteiger partial charge in [0.1, 0.15) is 11.4 Å². The Morgan fingerprint density at radius 2 is 1.83 bits per heavy atom. The minimum atomic E-state index is -4.55. The van der Waals surface area contributed by atoms with Gasteiger partial charge in [-0.1, -0.05) is 26.0 Å². The molecule has 0 fully saturated rings. The van der Waals surface area contributed by atoms with Crippen molar-refractivity contribution in [1.82, 2.24) is 14.5 Å². The van der Waals surface area contributed by atoms with Crippen LogP contribution in [0.15, 0.2) is 42.5 Å². The maximum Gasteiger partial charge on any atom is 0.416 e. The summed E-state index contributed by atoms with van der Waals surface area (Å²) in [6, 6.07) is 9.69. The summed E-state index contributed by atoms with van der Waals surface area (Å²) in [4.78, 5) is 36.7. The van der Waals surface area contributed by atoms with E-state index in [1.807, 2.05) is 32.9 Å². The first kappa shape index (κ1) is 24.4. The second-order valence-electron chi connectivity index (χ2n) is 8.93. The number of nitrogens with zero attached hydrogens (tertiary/aromatic N) is 4. The third-order valence-electron chi connectivity index (χ3n) is 5.99. The molecule has 3 aromatic rings. The van der Waals surface area contributed by atoms with Crippen LogP contribution in [-0.4, -0.2) is 33.3 Å². The highest BCUT2D eigenvalue weighted by Gasteiger charge is 2.39. The third kappa shape index (κ3) is 4.91. The number of aromatic nitrogens is 3. The molecular formula is C25H25F3N4O3. The van der Waals surface area contributed by atoms with E-state index in [-0.39, 0.29) is 53.8 Å². The molecule has 1 atom stereocenters. The van der Waals surface area contributed by atoms with Gasteiger partial charge < -0.3 is 4.74 Å². The first-order valence-electron chi connectivity index (χ1n) is 11.1. The molecule has 0 bridgehead atoms. The molecule has 1 unspecified atom stereocenters. The topological polar surface area (TPSA) is 77.3 Å². The number of imidazole rings is 1. The number of aryl methyl sites for hydroxylation is 1. The Bertz CT molecular complexity index is 1280. The minimum absolute atomic E-state index is 0.0101. The minimum Gasteiger partial charge on any atom is -0.425 e. The Balaban J connectivity index is 1.83. The van der Waals surface area contributed by atoms with E-state index < -0.39 is 17.7 Å². The molecule has 0 aliphatic carbocycles. The summed E-state index contributed by atoms with van der Waals surface area (Å²) in [7, 11) is 1.53. The van der Waals surface area contributed by atoms with Crippen molar-refractivity contribution in [2.45, 2.75) is 39.9 Å². The van der Waals surface area contributed by atoms with Crippen LogP contribution < -0.4 is 9.64 Å². The maximum atomic E-state index is 13.4. The highest BCUT2D eigenvalue weighted by molar-refractivity contribution is 6.09. The van der Waals surface area contributed by atoms with Crippen LogP contribution in [-0.2, 0) is 17.5 Å². The number of anilines is 1. The van der Waals surface area contributed by atoms with Gasteiger partial charge in [0.15, 0.2) is 11.6 Å². The van der Waals surface area contributed by atoms with E-state index in [9.17, 15) is 22.8 Å². The first-order valence-corrected chi connectivity index (χ1v) is 11.1. The number of hydrogen-bond donors (Lipinski definition) is 0. The number of pyridine rings is 1. The Kier molecular flexibility index (Phi) is 6.40. The second-order valence-corrected chi connectivity index (χ2v) is 8.93. The number of ketones is 1. The molecule has 0 saturated carbocycles. The van der Waals surface area contributed by atoms with Crippen LogP contribution in [0.4, 0.5) is 19.0 Å². The zero-order valence-electron chi connectivity index (χ0n) is 19.8. The van der Waals surface area contributed by atoms with Crippen LogP contribution in [0, 0.1) is 18.8 Å². The molecule has 0 spiro atoms. The Hall–Kier alpha value is -3.69. The third-order valence-corrected chi connectivity index (χ3v) is 5.99. The van der Waals surface area contributed by atoms with Crippen LogP contribution >= 0.6 is 0 Å². The number of halogens is 3. The summed E-state index contributed by atoms with van der Waals surface area (Å²) >= 11 is 0. The standard InChI is InChI=1S/C25H25F3N4O3/c1-14(2)19-12-20(33)21-22(31(4)23(19)34)30-24(32(21)13-17-9-5-7-15(3)29-17)35-18-10-6-8-16(11-18)25(26,27)28/h5-11,14,19H,12-13H2,1-4H3. The van der Waals surface area contributed by atoms with Crippen LogP contribution in [0.25, 0.3) is 0 Å². The van der Waals surface area contributed by atoms with E-state index in [0.29, 0.717) is 5.69 Å². The molecular weight excluding hydrogens is 461 g/mol. The van der Waals surface area contributed by atoms with E-state index in [0.717, 1.165) is 17.8 Å². The van der Waals surface area contributed by atoms with Gasteiger partial charge in [-0.2, -0.15) is 18.2 Å². The number of alkyl halides is 3. The molecule has 1 amide bonds. The second kappa shape index (κ2) is 9.16. The van der Waals surface area contributed by atoms with Crippen LogP contribution in [0.5, 0.6) is 11.8 Å². The molecule has 1 aliphatic rings. The van der Waals surface area contributed by atoms with Gasteiger partial charge in [0.05, 0.1) is 17.8 Å². The fourth-order valence-corrected chi connectivity index (χ4v) is 4.10. The number of amides is 1. The van der Waals surface area contributed by atoms with Crippen molar-refractivity contribution >= 4 is 17.5 Å². The van der Waals surface area contributed by atoms with Crippen molar-refractivity contribution in [3.63, 3.8) is 0 Å². The molecule has 0 radical (unpaired) electrons. The molecule has 0 saturated heterocycles. The Morgan fingerprint density at radius 1 is 1.11 bits per heavy atom. The maximum absolute atomic E-state index is 13.4. The molecule has 35 heavy (non-hydrogen) atoms. The zero-order valence-corrected chi connectivity index (χ0v) is 19.8. The number of carbonyl (C=O) groups excluding carboxylic acids is 2. The van der Waals surface area contributed by atoms with E-state index in [2.05, 4.69) is 9.97 Å². The number of ether oxygens (including phenoxy) is 1. The van der Waals surface area contributed by atoms with Crippen LogP contribution in [0.2, 0.25) is 0 Å². The summed E-state index contributed by atoms with van der Waals surface area (Å²) in [6.07, 6.45) is -4.56. The first-order chi connectivity index (χ1) is 16.5. The monoisotopic (exact) mass is 486 g/mol. The fourth-order valence-electron chi connectivity index (χ4n) is 4.10. The molecule has 4 rings (SSSR count). The molecule has 3 heterocycles. The Labute approximate surface area is 200 Å². The van der Waals surface area contributed by atoms with Crippen LogP contribution in [0.1, 0.15) is 47.7 Å². The average molecular weight is 486 g/mol. The predicted molar refractivity (Wildman–Crippen MR) is 123 cm³/mol. The lowest BCUT2D eigenvalue weighted by Gasteiger charge is -2.21. The van der Waals surface area contributed by atoms with E-state index in [1.54, 1.807) is 6.07 Å². The van der Waals surface area contributed by atoms with Crippen molar-refractivity contribution in [3.05, 3.63) is 65.1 Å². The largest absolute Gasteiger partial charge is 0.425 e. The lowest BCUT2D eigenvalue weighted by molar-refractivity contribution is -0.137. The average Bonchev–Trinajstić information content (AvgIpc) is 3.09. The zero-order chi connectivity index (χ0) is 25.5. The van der Waals surface area contributed by atoms with Gasteiger partial charge in [-0.25, -0.2) is 0 Å². The summed E-state index contributed by atoms with van der Waals surface area (Å²) in [5.74, 6) is -1.12. The van der Waals surface area contributed by atoms with Gasteiger partial charge in [0, 0.05) is 25.1 Å². The molecule has 10 heteroatoms. The van der Waals surface area contributed by atoms with Gasteiger partial charge in [-0.15, -0.1) is 0 Å². The summed E-state index contributed by atoms with van der Waals surface area (Å²) in [5.41, 5.74) is 0.644. The van der Waals surface area contributed by atoms with Gasteiger partial charge >= 0.3 is 12.2 Å². The van der Waals surface area contributed by atoms with Crippen molar-refractivity contribution in [2.75, 3.05) is 11.9 Å². The number of fused-ring (bicyclic) bond motifs is 1. The SMILES string of the molecule is Cc1cccc(Cn2c(Oc3cccc(C(F)(F)F)c3)nc3c2C(=O)CC(C(C)C)C(=O)N3C)n1. The van der Waals surface area contributed by atoms with E-state index in [1.165, 1.54) is 28.6 Å². The lowest BCUT2D eigenvalue weighted by atomic mass is 9.90. The molecule has 1 aromatic carbocycles. The van der Waals surface area contributed by atoms with Gasteiger partial charge in [0.2, 0.25) is 5.91 Å². The van der Waals surface area contributed by atoms with E-state index >= 15 is 0 Å². The van der Waals surface area contributed by atoms with E-state index in [4.69, 9.17) is 4.74 Å². The van der Waals surface area contributed by atoms with Gasteiger partial charge in [0.25, 0.3) is 0 Å². The normalized spacial score (nSPS) is 16.5. The smallest absolute Gasteiger partial charge is 0.416 e. The lowest BCUT2D eigenvalue weighted by Crippen LogP contribution is -2.34.